The average molecular weight is 866 g/mol. The number of aromatic nitrogens is 3. The van der Waals surface area contributed by atoms with Crippen LogP contribution in [0.15, 0.2) is 217 Å². The van der Waals surface area contributed by atoms with Crippen molar-refractivity contribution in [3.8, 4) is 51.5 Å². The highest BCUT2D eigenvalue weighted by Gasteiger charge is 2.25. The predicted octanol–water partition coefficient (Wildman–Crippen LogP) is 16.0. The van der Waals surface area contributed by atoms with Gasteiger partial charge in [-0.05, 0) is 107 Å². The van der Waals surface area contributed by atoms with Gasteiger partial charge in [0.1, 0.15) is 23.3 Å². The zero-order valence-corrected chi connectivity index (χ0v) is 36.4. The van der Waals surface area contributed by atoms with Crippen molar-refractivity contribution in [2.24, 2.45) is 0 Å². The van der Waals surface area contributed by atoms with Crippen molar-refractivity contribution in [2.75, 3.05) is 0 Å². The second-order valence-electron chi connectivity index (χ2n) is 17.5. The molecule has 14 aromatic rings. The van der Waals surface area contributed by atoms with Gasteiger partial charge < -0.3 is 18.1 Å². The Morgan fingerprint density at radius 3 is 1.41 bits per heavy atom. The molecule has 0 aliphatic rings. The zero-order chi connectivity index (χ0) is 45.0. The van der Waals surface area contributed by atoms with Gasteiger partial charge in [-0.15, -0.1) is 0 Å². The lowest BCUT2D eigenvalue weighted by molar-refractivity contribution is 0.673. The lowest BCUT2D eigenvalue weighted by Gasteiger charge is -2.16. The molecule has 4 heterocycles. The molecule has 4 aromatic heterocycles. The van der Waals surface area contributed by atoms with Crippen molar-refractivity contribution >= 4 is 87.4 Å². The van der Waals surface area contributed by atoms with Gasteiger partial charge >= 0.3 is 0 Å². The third kappa shape index (κ3) is 5.37. The van der Waals surface area contributed by atoms with Crippen LogP contribution < -0.4 is 0 Å². The summed E-state index contributed by atoms with van der Waals surface area (Å²) in [7, 11) is 0. The molecule has 0 unspecified atom stereocenters. The number of rotatable bonds is 5. The Hall–Kier alpha value is -9.62. The minimum Gasteiger partial charge on any atom is -0.455 e. The average Bonchev–Trinajstić information content (AvgIpc) is 4.14. The first-order valence-electron chi connectivity index (χ1n) is 22.7. The van der Waals surface area contributed by atoms with Gasteiger partial charge in [0.05, 0.1) is 61.0 Å². The van der Waals surface area contributed by atoms with Gasteiger partial charge in [-0.3, -0.25) is 0 Å². The number of furan rings is 1. The monoisotopic (exact) mass is 865 g/mol. The largest absolute Gasteiger partial charge is 0.455 e. The molecule has 0 radical (unpaired) electrons. The van der Waals surface area contributed by atoms with Crippen molar-refractivity contribution in [2.45, 2.75) is 0 Å². The molecule has 0 N–H and O–H groups in total. The Labute approximate surface area is 389 Å². The maximum absolute atomic E-state index is 11.1. The Balaban J connectivity index is 1.07. The number of benzene rings is 10. The molecule has 0 atom stereocenters. The molecule has 0 saturated carbocycles. The van der Waals surface area contributed by atoms with Crippen LogP contribution in [0.3, 0.4) is 0 Å². The summed E-state index contributed by atoms with van der Waals surface area (Å²) in [5.41, 5.74) is 15.1. The highest BCUT2D eigenvalue weighted by molar-refractivity contribution is 6.24. The normalized spacial score (nSPS) is 11.8. The molecule has 0 saturated heterocycles. The number of nitrogens with zero attached hydrogens (tertiary/aromatic N) is 5. The SMILES string of the molecule is N#Cc1cc(C#N)c(-n2c3ccc(-n4c5ccccc5c5ccccc54)cc3c3c4oc5ccccc5c4ccc32)cc1-n1c2ccc(-c3ccccc3)cc2c2cc(-c3ccccc3)ccc21. The maximum Gasteiger partial charge on any atom is 0.145 e. The van der Waals surface area contributed by atoms with Crippen molar-refractivity contribution in [3.63, 3.8) is 0 Å². The molecule has 0 fully saturated rings. The molecule has 0 amide bonds. The first-order chi connectivity index (χ1) is 33.6. The topological polar surface area (TPSA) is 75.5 Å². The van der Waals surface area contributed by atoms with E-state index in [2.05, 4.69) is 196 Å². The van der Waals surface area contributed by atoms with Gasteiger partial charge in [0.2, 0.25) is 0 Å². The van der Waals surface area contributed by atoms with Crippen LogP contribution in [0.1, 0.15) is 11.1 Å². The second-order valence-corrected chi connectivity index (χ2v) is 17.5. The maximum atomic E-state index is 11.1. The van der Waals surface area contributed by atoms with Crippen LogP contribution in [-0.2, 0) is 0 Å². The Morgan fingerprint density at radius 1 is 0.324 bits per heavy atom. The number of hydrogen-bond acceptors (Lipinski definition) is 3. The van der Waals surface area contributed by atoms with Crippen LogP contribution in [0.25, 0.3) is 127 Å². The summed E-state index contributed by atoms with van der Waals surface area (Å²) in [6.45, 7) is 0. The summed E-state index contributed by atoms with van der Waals surface area (Å²) in [6, 6.07) is 78.9. The van der Waals surface area contributed by atoms with Gasteiger partial charge in [-0.1, -0.05) is 127 Å². The molecule has 68 heavy (non-hydrogen) atoms. The van der Waals surface area contributed by atoms with E-state index in [-0.39, 0.29) is 0 Å². The summed E-state index contributed by atoms with van der Waals surface area (Å²) in [4.78, 5) is 0. The van der Waals surface area contributed by atoms with Crippen molar-refractivity contribution in [1.29, 1.82) is 10.5 Å². The van der Waals surface area contributed by atoms with Gasteiger partial charge in [0, 0.05) is 43.4 Å². The molecule has 6 heteroatoms. The van der Waals surface area contributed by atoms with E-state index in [0.29, 0.717) is 22.5 Å². The van der Waals surface area contributed by atoms with E-state index in [1.807, 2.05) is 36.4 Å². The molecule has 6 nitrogen and oxygen atoms in total. The van der Waals surface area contributed by atoms with E-state index < -0.39 is 0 Å². The lowest BCUT2D eigenvalue weighted by atomic mass is 10.0. The van der Waals surface area contributed by atoms with E-state index in [1.54, 1.807) is 6.07 Å². The smallest absolute Gasteiger partial charge is 0.145 e. The Kier molecular flexibility index (Phi) is 8.01. The Morgan fingerprint density at radius 2 is 0.809 bits per heavy atom. The zero-order valence-electron chi connectivity index (χ0n) is 36.4. The van der Waals surface area contributed by atoms with Crippen molar-refractivity contribution in [1.82, 2.24) is 13.7 Å². The van der Waals surface area contributed by atoms with Crippen molar-refractivity contribution < 1.29 is 4.42 Å². The van der Waals surface area contributed by atoms with Crippen LogP contribution in [0.2, 0.25) is 0 Å². The summed E-state index contributed by atoms with van der Waals surface area (Å²) < 4.78 is 13.5. The van der Waals surface area contributed by atoms with Gasteiger partial charge in [-0.2, -0.15) is 10.5 Å². The third-order valence-corrected chi connectivity index (χ3v) is 13.9. The molecular formula is C62H35N5O. The molecule has 0 aliphatic heterocycles. The minimum absolute atomic E-state index is 0.388. The quantitative estimate of drug-likeness (QED) is 0.173. The number of fused-ring (bicyclic) bond motifs is 13. The van der Waals surface area contributed by atoms with E-state index in [1.165, 1.54) is 10.8 Å². The lowest BCUT2D eigenvalue weighted by Crippen LogP contribution is -2.04. The molecule has 0 spiro atoms. The second kappa shape index (κ2) is 14.4. The number of nitriles is 2. The van der Waals surface area contributed by atoms with Crippen molar-refractivity contribution in [3.05, 3.63) is 223 Å². The summed E-state index contributed by atoms with van der Waals surface area (Å²) in [5.74, 6) is 0. The van der Waals surface area contributed by atoms with Gasteiger partial charge in [0.15, 0.2) is 0 Å². The summed E-state index contributed by atoms with van der Waals surface area (Å²) in [6.07, 6.45) is 0. The van der Waals surface area contributed by atoms with Crippen LogP contribution in [0.5, 0.6) is 0 Å². The van der Waals surface area contributed by atoms with Crippen LogP contribution >= 0.6 is 0 Å². The molecule has 314 valence electrons. The van der Waals surface area contributed by atoms with Crippen LogP contribution in [0, 0.1) is 22.7 Å². The van der Waals surface area contributed by atoms with Crippen LogP contribution in [-0.4, -0.2) is 13.7 Å². The highest BCUT2D eigenvalue weighted by atomic mass is 16.3. The Bertz CT molecular complexity index is 4360. The highest BCUT2D eigenvalue weighted by Crippen LogP contribution is 2.44. The molecular weight excluding hydrogens is 831 g/mol. The fraction of sp³-hybridized carbons (Fsp3) is 0. The molecule has 10 aromatic carbocycles. The van der Waals surface area contributed by atoms with E-state index in [0.717, 1.165) is 105 Å². The number of hydrogen-bond donors (Lipinski definition) is 0. The first kappa shape index (κ1) is 37.7. The minimum atomic E-state index is 0.388. The summed E-state index contributed by atoms with van der Waals surface area (Å²) in [5, 5.41) is 30.6. The first-order valence-corrected chi connectivity index (χ1v) is 22.7. The van der Waals surface area contributed by atoms with Gasteiger partial charge in [0.25, 0.3) is 0 Å². The molecule has 0 bridgehead atoms. The van der Waals surface area contributed by atoms with Crippen LogP contribution in [0.4, 0.5) is 0 Å². The van der Waals surface area contributed by atoms with E-state index in [4.69, 9.17) is 4.42 Å². The predicted molar refractivity (Wildman–Crippen MR) is 277 cm³/mol. The fourth-order valence-electron chi connectivity index (χ4n) is 10.9. The third-order valence-electron chi connectivity index (χ3n) is 13.9. The van der Waals surface area contributed by atoms with E-state index in [9.17, 15) is 10.5 Å². The molecule has 14 rings (SSSR count). The fourth-order valence-corrected chi connectivity index (χ4v) is 10.9. The van der Waals surface area contributed by atoms with Gasteiger partial charge in [-0.25, -0.2) is 0 Å². The van der Waals surface area contributed by atoms with E-state index >= 15 is 0 Å². The standard InChI is InChI=1S/C62H35N5O/c63-36-42-31-43(37-64)59(35-58(42)66-54-27-23-40(38-13-3-1-4-14-38)32-49(54)50-33-41(24-28-55(50)66)39-15-5-2-6-16-39)67-56-29-25-44(65-52-20-10-7-17-45(52)46-18-8-11-21-53(46)65)34-51(56)61-57(67)30-26-48-47-19-9-12-22-60(47)68-62(48)61/h1-35H. The number of para-hydroxylation sites is 3. The summed E-state index contributed by atoms with van der Waals surface area (Å²) >= 11 is 0. The molecule has 0 aliphatic carbocycles.